The molecule has 8 heteroatoms. The van der Waals surface area contributed by atoms with Crippen molar-refractivity contribution in [3.8, 4) is 0 Å². The molecule has 0 spiro atoms. The fourth-order valence-corrected chi connectivity index (χ4v) is 4.20. The Kier molecular flexibility index (Phi) is 6.13. The van der Waals surface area contributed by atoms with E-state index in [1.54, 1.807) is 17.3 Å². The van der Waals surface area contributed by atoms with Crippen molar-refractivity contribution in [2.24, 2.45) is 13.0 Å². The van der Waals surface area contributed by atoms with Crippen LogP contribution in [0.15, 0.2) is 12.4 Å². The molecule has 2 N–H and O–H groups in total. The van der Waals surface area contributed by atoms with Gasteiger partial charge in [-0.25, -0.2) is 4.98 Å². The second kappa shape index (κ2) is 8.54. The van der Waals surface area contributed by atoms with E-state index in [4.69, 9.17) is 0 Å². The smallest absolute Gasteiger partial charge is 0.239 e. The summed E-state index contributed by atoms with van der Waals surface area (Å²) in [6.07, 6.45) is 9.12. The Morgan fingerprint density at radius 2 is 2.00 bits per heavy atom. The lowest BCUT2D eigenvalue weighted by molar-refractivity contribution is -0.129. The predicted molar refractivity (Wildman–Crippen MR) is 99.5 cm³/mol. The molecule has 1 aromatic heterocycles. The van der Waals surface area contributed by atoms with Gasteiger partial charge in [0.25, 0.3) is 0 Å². The second-order valence-electron chi connectivity index (χ2n) is 7.45. The number of carbonyl (C=O) groups is 3. The summed E-state index contributed by atoms with van der Waals surface area (Å²) < 4.78 is 1.84. The third-order valence-corrected chi connectivity index (χ3v) is 5.63. The number of aryl methyl sites for hydroxylation is 1. The molecular formula is C19H29N5O3. The highest BCUT2D eigenvalue weighted by atomic mass is 16.2. The molecule has 3 rings (SSSR count). The van der Waals surface area contributed by atoms with Gasteiger partial charge in [0.05, 0.1) is 12.5 Å². The molecule has 2 heterocycles. The standard InChI is InChI=1S/C19H29N5O3/c1-3-24-16(26)11-14(17(24)18-20-9-10-23(18)2)19(27)21-12-15(25)22-13-7-5-4-6-8-13/h9-10,13-14,17H,3-8,11-12H2,1-2H3,(H,21,27)(H,22,25)/t14-,17-/m0/s1. The number of amides is 3. The minimum Gasteiger partial charge on any atom is -0.352 e. The fraction of sp³-hybridized carbons (Fsp3) is 0.684. The number of aromatic nitrogens is 2. The van der Waals surface area contributed by atoms with E-state index in [-0.39, 0.29) is 36.7 Å². The number of nitrogens with zero attached hydrogens (tertiary/aromatic N) is 3. The van der Waals surface area contributed by atoms with Gasteiger partial charge in [0.1, 0.15) is 11.9 Å². The van der Waals surface area contributed by atoms with Crippen LogP contribution in [0.5, 0.6) is 0 Å². The van der Waals surface area contributed by atoms with Gasteiger partial charge >= 0.3 is 0 Å². The van der Waals surface area contributed by atoms with Crippen molar-refractivity contribution in [3.05, 3.63) is 18.2 Å². The molecule has 2 aliphatic rings. The van der Waals surface area contributed by atoms with E-state index in [1.165, 1.54) is 6.42 Å². The van der Waals surface area contributed by atoms with Crippen LogP contribution >= 0.6 is 0 Å². The molecule has 2 atom stereocenters. The van der Waals surface area contributed by atoms with Crippen LogP contribution in [0.1, 0.15) is 57.3 Å². The number of hydrogen-bond donors (Lipinski definition) is 2. The molecule has 0 unspecified atom stereocenters. The third-order valence-electron chi connectivity index (χ3n) is 5.63. The Morgan fingerprint density at radius 3 is 2.63 bits per heavy atom. The normalized spacial score (nSPS) is 23.5. The highest BCUT2D eigenvalue weighted by Gasteiger charge is 2.45. The van der Waals surface area contributed by atoms with Gasteiger partial charge in [-0.05, 0) is 19.8 Å². The summed E-state index contributed by atoms with van der Waals surface area (Å²) in [7, 11) is 1.85. The maximum atomic E-state index is 12.8. The number of nitrogens with one attached hydrogen (secondary N) is 2. The number of imidazole rings is 1. The van der Waals surface area contributed by atoms with Crippen LogP contribution in [0.2, 0.25) is 0 Å². The molecule has 1 aliphatic carbocycles. The zero-order valence-corrected chi connectivity index (χ0v) is 16.1. The lowest BCUT2D eigenvalue weighted by atomic mass is 9.95. The van der Waals surface area contributed by atoms with Crippen LogP contribution in [-0.4, -0.2) is 51.3 Å². The molecule has 0 aromatic carbocycles. The van der Waals surface area contributed by atoms with Crippen molar-refractivity contribution in [1.82, 2.24) is 25.1 Å². The van der Waals surface area contributed by atoms with E-state index < -0.39 is 12.0 Å². The summed E-state index contributed by atoms with van der Waals surface area (Å²) in [6.45, 7) is 2.35. The molecule has 1 aromatic rings. The number of hydrogen-bond acceptors (Lipinski definition) is 4. The van der Waals surface area contributed by atoms with Crippen LogP contribution in [-0.2, 0) is 21.4 Å². The zero-order chi connectivity index (χ0) is 19.4. The molecule has 27 heavy (non-hydrogen) atoms. The van der Waals surface area contributed by atoms with Gasteiger partial charge in [0.15, 0.2) is 0 Å². The van der Waals surface area contributed by atoms with E-state index >= 15 is 0 Å². The van der Waals surface area contributed by atoms with Gasteiger partial charge in [0.2, 0.25) is 17.7 Å². The van der Waals surface area contributed by atoms with Crippen LogP contribution in [0.25, 0.3) is 0 Å². The lowest BCUT2D eigenvalue weighted by Crippen LogP contribution is -2.44. The summed E-state index contributed by atoms with van der Waals surface area (Å²) in [5.74, 6) is -0.348. The first-order valence-electron chi connectivity index (χ1n) is 9.85. The Labute approximate surface area is 159 Å². The highest BCUT2D eigenvalue weighted by Crippen LogP contribution is 2.37. The Morgan fingerprint density at radius 1 is 1.26 bits per heavy atom. The molecular weight excluding hydrogens is 346 g/mol. The highest BCUT2D eigenvalue weighted by molar-refractivity contribution is 5.92. The SMILES string of the molecule is CCN1C(=O)C[C@H](C(=O)NCC(=O)NC2CCCCC2)[C@H]1c1nccn1C. The molecule has 1 saturated heterocycles. The largest absolute Gasteiger partial charge is 0.352 e. The number of carbonyl (C=O) groups excluding carboxylic acids is 3. The van der Waals surface area contributed by atoms with Crippen molar-refractivity contribution in [2.45, 2.75) is 57.5 Å². The van der Waals surface area contributed by atoms with E-state index in [2.05, 4.69) is 15.6 Å². The monoisotopic (exact) mass is 375 g/mol. The van der Waals surface area contributed by atoms with Crippen LogP contribution in [0.4, 0.5) is 0 Å². The quantitative estimate of drug-likeness (QED) is 0.772. The fourth-order valence-electron chi connectivity index (χ4n) is 4.20. The van der Waals surface area contributed by atoms with Crippen molar-refractivity contribution in [1.29, 1.82) is 0 Å². The molecule has 2 fully saturated rings. The molecule has 1 saturated carbocycles. The van der Waals surface area contributed by atoms with Gasteiger partial charge in [-0.15, -0.1) is 0 Å². The zero-order valence-electron chi connectivity index (χ0n) is 16.1. The van der Waals surface area contributed by atoms with Crippen LogP contribution in [0.3, 0.4) is 0 Å². The summed E-state index contributed by atoms with van der Waals surface area (Å²) in [5, 5.41) is 5.72. The first-order valence-corrected chi connectivity index (χ1v) is 9.85. The molecule has 0 radical (unpaired) electrons. The predicted octanol–water partition coefficient (Wildman–Crippen LogP) is 0.895. The van der Waals surface area contributed by atoms with Crippen molar-refractivity contribution < 1.29 is 14.4 Å². The van der Waals surface area contributed by atoms with Crippen molar-refractivity contribution >= 4 is 17.7 Å². The Balaban J connectivity index is 1.61. The Bertz CT molecular complexity index is 695. The molecule has 8 nitrogen and oxygen atoms in total. The lowest BCUT2D eigenvalue weighted by Gasteiger charge is -2.26. The van der Waals surface area contributed by atoms with Gasteiger partial charge in [0, 0.05) is 38.4 Å². The van der Waals surface area contributed by atoms with Gasteiger partial charge in [-0.2, -0.15) is 0 Å². The number of likely N-dealkylation sites (tertiary alicyclic amines) is 1. The van der Waals surface area contributed by atoms with Crippen molar-refractivity contribution in [2.75, 3.05) is 13.1 Å². The minimum absolute atomic E-state index is 0.0561. The van der Waals surface area contributed by atoms with Crippen LogP contribution in [0, 0.1) is 5.92 Å². The van der Waals surface area contributed by atoms with E-state index in [0.29, 0.717) is 12.4 Å². The van der Waals surface area contributed by atoms with E-state index in [0.717, 1.165) is 25.7 Å². The third kappa shape index (κ3) is 4.31. The molecule has 1 aliphatic heterocycles. The second-order valence-corrected chi connectivity index (χ2v) is 7.45. The van der Waals surface area contributed by atoms with E-state index in [1.807, 2.05) is 18.5 Å². The average molecular weight is 375 g/mol. The summed E-state index contributed by atoms with van der Waals surface area (Å²) in [6, 6.07) is -0.184. The summed E-state index contributed by atoms with van der Waals surface area (Å²) >= 11 is 0. The number of rotatable bonds is 6. The van der Waals surface area contributed by atoms with Gasteiger partial charge in [-0.3, -0.25) is 14.4 Å². The van der Waals surface area contributed by atoms with Crippen molar-refractivity contribution in [3.63, 3.8) is 0 Å². The maximum absolute atomic E-state index is 12.8. The van der Waals surface area contributed by atoms with E-state index in [9.17, 15) is 14.4 Å². The Hall–Kier alpha value is -2.38. The first kappa shape index (κ1) is 19.4. The minimum atomic E-state index is -0.541. The molecule has 0 bridgehead atoms. The maximum Gasteiger partial charge on any atom is 0.239 e. The average Bonchev–Trinajstić information content (AvgIpc) is 3.22. The molecule has 3 amide bonds. The summed E-state index contributed by atoms with van der Waals surface area (Å²) in [5.41, 5.74) is 0. The van der Waals surface area contributed by atoms with Crippen LogP contribution < -0.4 is 10.6 Å². The van der Waals surface area contributed by atoms with Gasteiger partial charge in [-0.1, -0.05) is 19.3 Å². The first-order chi connectivity index (χ1) is 13.0. The summed E-state index contributed by atoms with van der Waals surface area (Å²) in [4.78, 5) is 43.3. The van der Waals surface area contributed by atoms with Gasteiger partial charge < -0.3 is 20.1 Å². The topological polar surface area (TPSA) is 96.3 Å². The molecule has 148 valence electrons.